The number of hydrogen-bond acceptors (Lipinski definition) is 7. The summed E-state index contributed by atoms with van der Waals surface area (Å²) in [6.45, 7) is 3.27. The van der Waals surface area contributed by atoms with Gasteiger partial charge < -0.3 is 9.64 Å². The number of ether oxygens (including phenoxy) is 1. The molecule has 0 amide bonds. The van der Waals surface area contributed by atoms with Gasteiger partial charge in [0.25, 0.3) is 5.56 Å². The summed E-state index contributed by atoms with van der Waals surface area (Å²) in [4.78, 5) is 30.8. The lowest BCUT2D eigenvalue weighted by atomic mass is 10.2. The average molecular weight is 347 g/mol. The molecule has 1 aliphatic heterocycles. The van der Waals surface area contributed by atoms with Gasteiger partial charge in [-0.1, -0.05) is 0 Å². The molecule has 1 unspecified atom stereocenters. The molecule has 9 heteroatoms. The van der Waals surface area contributed by atoms with E-state index in [4.69, 9.17) is 4.74 Å². The fourth-order valence-corrected chi connectivity index (χ4v) is 3.65. The quantitative estimate of drug-likeness (QED) is 0.776. The third kappa shape index (κ3) is 2.64. The van der Waals surface area contributed by atoms with E-state index in [0.717, 1.165) is 15.3 Å². The van der Waals surface area contributed by atoms with Crippen LogP contribution in [0.4, 0.5) is 5.82 Å². The van der Waals surface area contributed by atoms with Gasteiger partial charge in [0.05, 0.1) is 13.2 Å². The summed E-state index contributed by atoms with van der Waals surface area (Å²) in [5.41, 5.74) is -0.143. The Hall–Kier alpha value is -2.44. The van der Waals surface area contributed by atoms with Crippen LogP contribution in [0.2, 0.25) is 0 Å². The van der Waals surface area contributed by atoms with Crippen molar-refractivity contribution in [2.24, 2.45) is 14.1 Å². The van der Waals surface area contributed by atoms with E-state index >= 15 is 0 Å². The van der Waals surface area contributed by atoms with E-state index in [2.05, 4.69) is 4.98 Å². The van der Waals surface area contributed by atoms with E-state index in [1.165, 1.54) is 23.0 Å². The van der Waals surface area contributed by atoms with E-state index in [1.807, 2.05) is 23.3 Å². The number of hydrogen-bond donors (Lipinski definition) is 0. The Morgan fingerprint density at radius 3 is 2.75 bits per heavy atom. The number of aromatic nitrogens is 3. The lowest BCUT2D eigenvalue weighted by molar-refractivity contribution is 0.0390. The molecule has 0 aromatic carbocycles. The highest BCUT2D eigenvalue weighted by molar-refractivity contribution is 7.09. The Kier molecular flexibility index (Phi) is 4.26. The van der Waals surface area contributed by atoms with Gasteiger partial charge in [-0.25, -0.2) is 9.78 Å². The fraction of sp³-hybridized carbons (Fsp3) is 0.467. The maximum Gasteiger partial charge on any atom is 0.332 e. The summed E-state index contributed by atoms with van der Waals surface area (Å²) in [5.74, 6) is 0.340. The zero-order valence-corrected chi connectivity index (χ0v) is 14.5. The van der Waals surface area contributed by atoms with Gasteiger partial charge in [0.2, 0.25) is 0 Å². The van der Waals surface area contributed by atoms with Crippen LogP contribution in [-0.2, 0) is 18.8 Å². The summed E-state index contributed by atoms with van der Waals surface area (Å²) in [6.07, 6.45) is -0.247. The summed E-state index contributed by atoms with van der Waals surface area (Å²) in [7, 11) is 2.94. The molecule has 1 atom stereocenters. The van der Waals surface area contributed by atoms with Crippen molar-refractivity contribution in [1.29, 1.82) is 5.26 Å². The Balaban J connectivity index is 2.05. The molecular weight excluding hydrogens is 330 g/mol. The summed E-state index contributed by atoms with van der Waals surface area (Å²) >= 11 is 1.51. The molecule has 0 N–H and O–H groups in total. The van der Waals surface area contributed by atoms with Gasteiger partial charge in [-0.15, -0.1) is 11.3 Å². The molecule has 0 aliphatic carbocycles. The van der Waals surface area contributed by atoms with E-state index in [9.17, 15) is 14.9 Å². The smallest absolute Gasteiger partial charge is 0.332 e. The first-order chi connectivity index (χ1) is 11.4. The summed E-state index contributed by atoms with van der Waals surface area (Å²) in [6, 6.07) is 1.94. The fourth-order valence-electron chi connectivity index (χ4n) is 2.81. The van der Waals surface area contributed by atoms with Gasteiger partial charge in [0.15, 0.2) is 5.56 Å². The van der Waals surface area contributed by atoms with Crippen LogP contribution in [0.15, 0.2) is 15.0 Å². The van der Waals surface area contributed by atoms with Crippen LogP contribution >= 0.6 is 11.3 Å². The minimum Gasteiger partial charge on any atom is -0.367 e. The monoisotopic (exact) mass is 347 g/mol. The highest BCUT2D eigenvalue weighted by Gasteiger charge is 2.29. The van der Waals surface area contributed by atoms with E-state index in [0.29, 0.717) is 25.5 Å². The molecule has 0 saturated carbocycles. The topological polar surface area (TPSA) is 93.2 Å². The molecule has 0 spiro atoms. The zero-order chi connectivity index (χ0) is 17.4. The van der Waals surface area contributed by atoms with Crippen molar-refractivity contribution in [1.82, 2.24) is 14.1 Å². The summed E-state index contributed by atoms with van der Waals surface area (Å²) in [5, 5.41) is 12.2. The maximum atomic E-state index is 12.3. The number of rotatable bonds is 2. The molecule has 2 aromatic heterocycles. The van der Waals surface area contributed by atoms with Crippen LogP contribution in [0.1, 0.15) is 22.4 Å². The van der Waals surface area contributed by atoms with Crippen LogP contribution in [-0.4, -0.2) is 33.8 Å². The number of thiazole rings is 1. The van der Waals surface area contributed by atoms with Crippen molar-refractivity contribution < 1.29 is 4.74 Å². The first-order valence-corrected chi connectivity index (χ1v) is 8.30. The first kappa shape index (κ1) is 16.4. The third-order valence-corrected chi connectivity index (χ3v) is 5.08. The van der Waals surface area contributed by atoms with Gasteiger partial charge in [0, 0.05) is 31.7 Å². The Labute approximate surface area is 142 Å². The van der Waals surface area contributed by atoms with Crippen LogP contribution in [0, 0.1) is 18.3 Å². The standard InChI is InChI=1S/C15H17N5O3S/c1-9-8-24-12(17-9)11-7-20(4-5-23-11)13-10(6-16)14(21)19(3)15(22)18(13)2/h8,11H,4-5,7H2,1-3H3. The molecular formula is C15H17N5O3S. The van der Waals surface area contributed by atoms with Gasteiger partial charge in [0.1, 0.15) is 23.0 Å². The Morgan fingerprint density at radius 2 is 2.12 bits per heavy atom. The Bertz CT molecular complexity index is 936. The number of morpholine rings is 1. The van der Waals surface area contributed by atoms with Gasteiger partial charge in [-0.3, -0.25) is 13.9 Å². The second kappa shape index (κ2) is 6.22. The van der Waals surface area contributed by atoms with Crippen LogP contribution in [0.25, 0.3) is 0 Å². The van der Waals surface area contributed by atoms with E-state index in [1.54, 1.807) is 7.05 Å². The molecule has 126 valence electrons. The number of nitriles is 1. The normalized spacial score (nSPS) is 17.8. The van der Waals surface area contributed by atoms with E-state index < -0.39 is 11.2 Å². The molecule has 3 heterocycles. The summed E-state index contributed by atoms with van der Waals surface area (Å²) < 4.78 is 8.07. The molecule has 2 aromatic rings. The largest absolute Gasteiger partial charge is 0.367 e. The van der Waals surface area contributed by atoms with Gasteiger partial charge >= 0.3 is 5.69 Å². The highest BCUT2D eigenvalue weighted by atomic mass is 32.1. The molecule has 1 aliphatic rings. The Morgan fingerprint density at radius 1 is 1.38 bits per heavy atom. The van der Waals surface area contributed by atoms with Gasteiger partial charge in [-0.2, -0.15) is 5.26 Å². The van der Waals surface area contributed by atoms with Crippen molar-refractivity contribution in [3.63, 3.8) is 0 Å². The van der Waals surface area contributed by atoms with E-state index in [-0.39, 0.29) is 11.7 Å². The number of aryl methyl sites for hydroxylation is 1. The second-order valence-electron chi connectivity index (χ2n) is 5.65. The molecule has 0 bridgehead atoms. The maximum absolute atomic E-state index is 12.3. The second-order valence-corrected chi connectivity index (χ2v) is 6.54. The molecule has 24 heavy (non-hydrogen) atoms. The minimum absolute atomic E-state index is 0.0319. The van der Waals surface area contributed by atoms with Crippen LogP contribution in [0.3, 0.4) is 0 Å². The molecule has 1 saturated heterocycles. The lowest BCUT2D eigenvalue weighted by Crippen LogP contribution is -2.46. The average Bonchev–Trinajstić information content (AvgIpc) is 3.02. The molecule has 3 rings (SSSR count). The van der Waals surface area contributed by atoms with Crippen molar-refractivity contribution in [2.75, 3.05) is 24.6 Å². The minimum atomic E-state index is -0.580. The SMILES string of the molecule is Cc1csc(C2CN(c3c(C#N)c(=O)n(C)c(=O)n3C)CCO2)n1. The van der Waals surface area contributed by atoms with Crippen molar-refractivity contribution >= 4 is 17.2 Å². The third-order valence-electron chi connectivity index (χ3n) is 4.02. The van der Waals surface area contributed by atoms with Crippen molar-refractivity contribution in [3.8, 4) is 6.07 Å². The predicted octanol–water partition coefficient (Wildman–Crippen LogP) is 0.298. The lowest BCUT2D eigenvalue weighted by Gasteiger charge is -2.34. The first-order valence-electron chi connectivity index (χ1n) is 7.42. The predicted molar refractivity (Wildman–Crippen MR) is 89.4 cm³/mol. The molecule has 1 fully saturated rings. The van der Waals surface area contributed by atoms with Gasteiger partial charge in [-0.05, 0) is 6.92 Å². The van der Waals surface area contributed by atoms with Crippen LogP contribution < -0.4 is 16.1 Å². The number of anilines is 1. The zero-order valence-electron chi connectivity index (χ0n) is 13.6. The van der Waals surface area contributed by atoms with Crippen molar-refractivity contribution in [3.05, 3.63) is 42.5 Å². The van der Waals surface area contributed by atoms with Crippen molar-refractivity contribution in [2.45, 2.75) is 13.0 Å². The van der Waals surface area contributed by atoms with Crippen LogP contribution in [0.5, 0.6) is 0 Å². The number of nitrogens with zero attached hydrogens (tertiary/aromatic N) is 5. The molecule has 8 nitrogen and oxygen atoms in total. The molecule has 0 radical (unpaired) electrons. The highest BCUT2D eigenvalue weighted by Crippen LogP contribution is 2.28.